The van der Waals surface area contributed by atoms with Crippen LogP contribution in [0.15, 0.2) is 53.4 Å². The van der Waals surface area contributed by atoms with Crippen LogP contribution in [-0.4, -0.2) is 26.3 Å². The predicted molar refractivity (Wildman–Crippen MR) is 95.5 cm³/mol. The number of benzene rings is 2. The van der Waals surface area contributed by atoms with E-state index in [-0.39, 0.29) is 22.9 Å². The van der Waals surface area contributed by atoms with Gasteiger partial charge in [-0.1, -0.05) is 12.1 Å². The summed E-state index contributed by atoms with van der Waals surface area (Å²) in [5, 5.41) is 0. The minimum Gasteiger partial charge on any atom is -0.273 e. The number of carbonyl (C=O) groups excluding carboxylic acids is 2. The smallest absolute Gasteiger partial charge is 0.269 e. The average Bonchev–Trinajstić information content (AvgIpc) is 3.45. The SMILES string of the molecule is O=C(Cc1ccc(F)cc1)NNC(=O)c1ccc(S(=O)(=O)NC2CC2)cc1. The second kappa shape index (κ2) is 7.85. The second-order valence-electron chi connectivity index (χ2n) is 6.23. The Balaban J connectivity index is 1.53. The van der Waals surface area contributed by atoms with Gasteiger partial charge < -0.3 is 0 Å². The molecule has 1 aliphatic rings. The van der Waals surface area contributed by atoms with Gasteiger partial charge in [-0.2, -0.15) is 0 Å². The Hall–Kier alpha value is -2.78. The third kappa shape index (κ3) is 5.35. The van der Waals surface area contributed by atoms with Crippen molar-refractivity contribution in [2.75, 3.05) is 0 Å². The van der Waals surface area contributed by atoms with Gasteiger partial charge in [-0.25, -0.2) is 17.5 Å². The number of halogens is 1. The molecule has 0 saturated heterocycles. The maximum Gasteiger partial charge on any atom is 0.269 e. The summed E-state index contributed by atoms with van der Waals surface area (Å²) in [5.74, 6) is -1.45. The van der Waals surface area contributed by atoms with Gasteiger partial charge in [0, 0.05) is 11.6 Å². The summed E-state index contributed by atoms with van der Waals surface area (Å²) in [6.07, 6.45) is 1.64. The highest BCUT2D eigenvalue weighted by atomic mass is 32.2. The molecule has 0 aliphatic heterocycles. The lowest BCUT2D eigenvalue weighted by molar-refractivity contribution is -0.121. The van der Waals surface area contributed by atoms with Crippen molar-refractivity contribution in [3.63, 3.8) is 0 Å². The van der Waals surface area contributed by atoms with Crippen LogP contribution < -0.4 is 15.6 Å². The Morgan fingerprint density at radius 1 is 0.963 bits per heavy atom. The molecule has 27 heavy (non-hydrogen) atoms. The summed E-state index contributed by atoms with van der Waals surface area (Å²) in [5.41, 5.74) is 5.31. The molecule has 0 unspecified atom stereocenters. The molecule has 0 bridgehead atoms. The van der Waals surface area contributed by atoms with Crippen molar-refractivity contribution in [1.82, 2.24) is 15.6 Å². The Labute approximate surface area is 156 Å². The molecule has 1 saturated carbocycles. The molecule has 7 nitrogen and oxygen atoms in total. The molecule has 0 spiro atoms. The average molecular weight is 391 g/mol. The first-order valence-corrected chi connectivity index (χ1v) is 9.78. The summed E-state index contributed by atoms with van der Waals surface area (Å²) in [6, 6.07) is 10.8. The van der Waals surface area contributed by atoms with Crippen LogP contribution >= 0.6 is 0 Å². The fourth-order valence-electron chi connectivity index (χ4n) is 2.30. The van der Waals surface area contributed by atoms with Crippen LogP contribution in [0.3, 0.4) is 0 Å². The molecule has 1 aliphatic carbocycles. The molecule has 0 aromatic heterocycles. The maximum atomic E-state index is 12.8. The van der Waals surface area contributed by atoms with Crippen molar-refractivity contribution in [2.45, 2.75) is 30.2 Å². The lowest BCUT2D eigenvalue weighted by atomic mass is 10.1. The van der Waals surface area contributed by atoms with Gasteiger partial charge in [0.2, 0.25) is 15.9 Å². The first-order valence-electron chi connectivity index (χ1n) is 8.29. The molecule has 3 rings (SSSR count). The van der Waals surface area contributed by atoms with Crippen LogP contribution in [0.2, 0.25) is 0 Å². The molecule has 0 atom stereocenters. The fourth-order valence-corrected chi connectivity index (χ4v) is 3.61. The van der Waals surface area contributed by atoms with Gasteiger partial charge in [-0.3, -0.25) is 20.4 Å². The van der Waals surface area contributed by atoms with Gasteiger partial charge in [0.05, 0.1) is 11.3 Å². The lowest BCUT2D eigenvalue weighted by Crippen LogP contribution is -2.42. The number of sulfonamides is 1. The molecular formula is C18H18FN3O4S. The third-order valence-electron chi connectivity index (χ3n) is 3.92. The summed E-state index contributed by atoms with van der Waals surface area (Å²) in [6.45, 7) is 0. The Morgan fingerprint density at radius 3 is 2.19 bits per heavy atom. The quantitative estimate of drug-likeness (QED) is 0.645. The number of amides is 2. The number of hydrogen-bond donors (Lipinski definition) is 3. The number of hydrogen-bond acceptors (Lipinski definition) is 4. The van der Waals surface area contributed by atoms with Crippen molar-refractivity contribution in [1.29, 1.82) is 0 Å². The zero-order valence-corrected chi connectivity index (χ0v) is 15.1. The van der Waals surface area contributed by atoms with E-state index < -0.39 is 27.7 Å². The van der Waals surface area contributed by atoms with Gasteiger partial charge in [0.1, 0.15) is 5.82 Å². The van der Waals surface area contributed by atoms with Gasteiger partial charge >= 0.3 is 0 Å². The minimum absolute atomic E-state index is 0.00528. The first-order chi connectivity index (χ1) is 12.8. The normalized spacial score (nSPS) is 13.8. The van der Waals surface area contributed by atoms with E-state index in [9.17, 15) is 22.4 Å². The molecule has 0 radical (unpaired) electrons. The van der Waals surface area contributed by atoms with E-state index in [1.165, 1.54) is 48.5 Å². The Kier molecular flexibility index (Phi) is 5.52. The van der Waals surface area contributed by atoms with Crippen LogP contribution in [0.1, 0.15) is 28.8 Å². The summed E-state index contributed by atoms with van der Waals surface area (Å²) in [7, 11) is -3.58. The molecule has 1 fully saturated rings. The zero-order chi connectivity index (χ0) is 19.4. The first kappa shape index (κ1) is 19.0. The molecule has 2 amide bonds. The van der Waals surface area contributed by atoms with Crippen molar-refractivity contribution in [3.8, 4) is 0 Å². The van der Waals surface area contributed by atoms with E-state index in [4.69, 9.17) is 0 Å². The van der Waals surface area contributed by atoms with Crippen LogP contribution in [0, 0.1) is 5.82 Å². The topological polar surface area (TPSA) is 104 Å². The molecule has 3 N–H and O–H groups in total. The van der Waals surface area contributed by atoms with E-state index in [0.29, 0.717) is 5.56 Å². The highest BCUT2D eigenvalue weighted by molar-refractivity contribution is 7.89. The zero-order valence-electron chi connectivity index (χ0n) is 14.2. The summed E-state index contributed by atoms with van der Waals surface area (Å²) < 4.78 is 39.5. The summed E-state index contributed by atoms with van der Waals surface area (Å²) in [4.78, 5) is 23.9. The molecule has 2 aromatic carbocycles. The number of hydrazine groups is 1. The molecular weight excluding hydrogens is 373 g/mol. The molecule has 9 heteroatoms. The van der Waals surface area contributed by atoms with Gasteiger partial charge in [-0.15, -0.1) is 0 Å². The molecule has 2 aromatic rings. The standard InChI is InChI=1S/C18H18FN3O4S/c19-14-5-1-12(2-6-14)11-17(23)20-21-18(24)13-3-9-16(10-4-13)27(25,26)22-15-7-8-15/h1-6,9-10,15,22H,7-8,11H2,(H,20,23)(H,21,24). The van der Waals surface area contributed by atoms with E-state index in [0.717, 1.165) is 12.8 Å². The van der Waals surface area contributed by atoms with Gasteiger partial charge in [0.15, 0.2) is 0 Å². The van der Waals surface area contributed by atoms with Gasteiger partial charge in [-0.05, 0) is 54.8 Å². The highest BCUT2D eigenvalue weighted by Gasteiger charge is 2.27. The van der Waals surface area contributed by atoms with E-state index in [1.807, 2.05) is 0 Å². The Bertz CT molecular complexity index is 940. The number of rotatable bonds is 6. The van der Waals surface area contributed by atoms with E-state index >= 15 is 0 Å². The third-order valence-corrected chi connectivity index (χ3v) is 5.46. The van der Waals surface area contributed by atoms with E-state index in [1.54, 1.807) is 0 Å². The highest BCUT2D eigenvalue weighted by Crippen LogP contribution is 2.22. The lowest BCUT2D eigenvalue weighted by Gasteiger charge is -2.09. The largest absolute Gasteiger partial charge is 0.273 e. The van der Waals surface area contributed by atoms with Crippen molar-refractivity contribution < 1.29 is 22.4 Å². The minimum atomic E-state index is -3.58. The van der Waals surface area contributed by atoms with Crippen LogP contribution in [0.25, 0.3) is 0 Å². The maximum absolute atomic E-state index is 12.8. The molecule has 142 valence electrons. The monoisotopic (exact) mass is 391 g/mol. The predicted octanol–water partition coefficient (Wildman–Crippen LogP) is 1.27. The summed E-state index contributed by atoms with van der Waals surface area (Å²) >= 11 is 0. The van der Waals surface area contributed by atoms with Crippen molar-refractivity contribution in [2.24, 2.45) is 0 Å². The van der Waals surface area contributed by atoms with Crippen molar-refractivity contribution >= 4 is 21.8 Å². The second-order valence-corrected chi connectivity index (χ2v) is 7.94. The van der Waals surface area contributed by atoms with Crippen LogP contribution in [0.5, 0.6) is 0 Å². The van der Waals surface area contributed by atoms with Gasteiger partial charge in [0.25, 0.3) is 5.91 Å². The molecule has 0 heterocycles. The van der Waals surface area contributed by atoms with Crippen molar-refractivity contribution in [3.05, 3.63) is 65.5 Å². The number of nitrogens with one attached hydrogen (secondary N) is 3. The Morgan fingerprint density at radius 2 is 1.59 bits per heavy atom. The van der Waals surface area contributed by atoms with Crippen LogP contribution in [0.4, 0.5) is 4.39 Å². The fraction of sp³-hybridized carbons (Fsp3) is 0.222. The number of carbonyl (C=O) groups is 2. The van der Waals surface area contributed by atoms with E-state index in [2.05, 4.69) is 15.6 Å². The van der Waals surface area contributed by atoms with Crippen LogP contribution in [-0.2, 0) is 21.2 Å².